The van der Waals surface area contributed by atoms with E-state index in [-0.39, 0.29) is 23.5 Å². The van der Waals surface area contributed by atoms with E-state index >= 15 is 0 Å². The van der Waals surface area contributed by atoms with Gasteiger partial charge in [-0.3, -0.25) is 14.4 Å². The minimum absolute atomic E-state index is 0.0626. The fourth-order valence-electron chi connectivity index (χ4n) is 3.86. The van der Waals surface area contributed by atoms with E-state index < -0.39 is 0 Å². The van der Waals surface area contributed by atoms with E-state index in [4.69, 9.17) is 0 Å². The maximum atomic E-state index is 12.5. The Hall–Kier alpha value is -2.95. The van der Waals surface area contributed by atoms with Gasteiger partial charge in [0.25, 0.3) is 0 Å². The largest absolute Gasteiger partial charge is 0.326 e. The number of fused-ring (bicyclic) bond motifs is 1. The van der Waals surface area contributed by atoms with Crippen molar-refractivity contribution in [3.8, 4) is 0 Å². The number of nitrogens with one attached hydrogen (secondary N) is 1. The predicted octanol–water partition coefficient (Wildman–Crippen LogP) is 4.37. The van der Waals surface area contributed by atoms with Crippen LogP contribution in [0.2, 0.25) is 0 Å². The van der Waals surface area contributed by atoms with Gasteiger partial charge in [0, 0.05) is 42.2 Å². The number of carbonyl (C=O) groups is 3. The Morgan fingerprint density at radius 3 is 2.55 bits per heavy atom. The molecule has 1 aliphatic heterocycles. The summed E-state index contributed by atoms with van der Waals surface area (Å²) in [5.41, 5.74) is 3.54. The Bertz CT molecular complexity index is 919. The van der Waals surface area contributed by atoms with Gasteiger partial charge in [-0.2, -0.15) is 0 Å². The summed E-state index contributed by atoms with van der Waals surface area (Å²) in [5, 5.41) is 2.93. The standard InChI is InChI=1S/C24H26N2O3/c27-22(17-6-2-1-3-7-17)9-4-10-23(28)25-20-13-14-21-19(16-20)8-5-15-26(21)24(29)18-11-12-18/h1-3,6-7,13-14,16,18H,4-5,8-12,15H2,(H,25,28). The maximum absolute atomic E-state index is 12.5. The summed E-state index contributed by atoms with van der Waals surface area (Å²) in [6.07, 6.45) is 5.07. The summed E-state index contributed by atoms with van der Waals surface area (Å²) in [7, 11) is 0. The lowest BCUT2D eigenvalue weighted by Gasteiger charge is -2.30. The third-order valence-electron chi connectivity index (χ3n) is 5.58. The van der Waals surface area contributed by atoms with Crippen LogP contribution in [-0.4, -0.2) is 24.1 Å². The van der Waals surface area contributed by atoms with E-state index in [1.165, 1.54) is 0 Å². The number of amides is 2. The molecule has 2 aliphatic rings. The van der Waals surface area contributed by atoms with E-state index in [0.717, 1.165) is 49.2 Å². The van der Waals surface area contributed by atoms with E-state index in [2.05, 4.69) is 5.32 Å². The zero-order valence-electron chi connectivity index (χ0n) is 16.5. The molecule has 2 aromatic rings. The maximum Gasteiger partial charge on any atom is 0.230 e. The second kappa shape index (κ2) is 8.60. The van der Waals surface area contributed by atoms with Crippen LogP contribution in [0.25, 0.3) is 0 Å². The Kier molecular flexibility index (Phi) is 5.74. The smallest absolute Gasteiger partial charge is 0.230 e. The van der Waals surface area contributed by atoms with Crippen molar-refractivity contribution in [2.75, 3.05) is 16.8 Å². The first-order valence-electron chi connectivity index (χ1n) is 10.4. The van der Waals surface area contributed by atoms with Gasteiger partial charge in [-0.15, -0.1) is 0 Å². The van der Waals surface area contributed by atoms with Gasteiger partial charge >= 0.3 is 0 Å². The van der Waals surface area contributed by atoms with Crippen LogP contribution in [0.5, 0.6) is 0 Å². The lowest BCUT2D eigenvalue weighted by molar-refractivity contribution is -0.120. The molecular weight excluding hydrogens is 364 g/mol. The van der Waals surface area contributed by atoms with Crippen molar-refractivity contribution < 1.29 is 14.4 Å². The van der Waals surface area contributed by atoms with Gasteiger partial charge in [-0.25, -0.2) is 0 Å². The molecule has 1 heterocycles. The first kappa shape index (κ1) is 19.4. The number of rotatable bonds is 7. The highest BCUT2D eigenvalue weighted by atomic mass is 16.2. The summed E-state index contributed by atoms with van der Waals surface area (Å²) >= 11 is 0. The summed E-state index contributed by atoms with van der Waals surface area (Å²) in [6, 6.07) is 15.0. The summed E-state index contributed by atoms with van der Waals surface area (Å²) < 4.78 is 0. The quantitative estimate of drug-likeness (QED) is 0.714. The van der Waals surface area contributed by atoms with Crippen molar-refractivity contribution in [1.82, 2.24) is 0 Å². The first-order chi connectivity index (χ1) is 14.1. The molecule has 1 fully saturated rings. The number of hydrogen-bond donors (Lipinski definition) is 1. The number of benzene rings is 2. The normalized spacial score (nSPS) is 15.5. The molecule has 1 N–H and O–H groups in total. The zero-order valence-corrected chi connectivity index (χ0v) is 16.5. The Morgan fingerprint density at radius 1 is 1.00 bits per heavy atom. The molecule has 0 spiro atoms. The Labute approximate surface area is 171 Å². The predicted molar refractivity (Wildman–Crippen MR) is 113 cm³/mol. The molecule has 1 saturated carbocycles. The van der Waals surface area contributed by atoms with Gasteiger partial charge in [-0.05, 0) is 55.9 Å². The number of carbonyl (C=O) groups excluding carboxylic acids is 3. The van der Waals surface area contributed by atoms with Crippen LogP contribution in [0.1, 0.15) is 54.4 Å². The highest BCUT2D eigenvalue weighted by molar-refractivity contribution is 5.99. The Balaban J connectivity index is 1.31. The molecule has 29 heavy (non-hydrogen) atoms. The van der Waals surface area contributed by atoms with Crippen molar-refractivity contribution in [1.29, 1.82) is 0 Å². The second-order valence-corrected chi connectivity index (χ2v) is 7.90. The molecule has 4 rings (SSSR count). The van der Waals surface area contributed by atoms with Crippen molar-refractivity contribution in [3.63, 3.8) is 0 Å². The van der Waals surface area contributed by atoms with Crippen molar-refractivity contribution in [2.24, 2.45) is 5.92 Å². The molecule has 1 aliphatic carbocycles. The molecule has 150 valence electrons. The van der Waals surface area contributed by atoms with E-state index in [9.17, 15) is 14.4 Å². The van der Waals surface area contributed by atoms with Crippen LogP contribution >= 0.6 is 0 Å². The van der Waals surface area contributed by atoms with Gasteiger partial charge in [0.2, 0.25) is 11.8 Å². The van der Waals surface area contributed by atoms with E-state index in [1.54, 1.807) is 12.1 Å². The monoisotopic (exact) mass is 390 g/mol. The summed E-state index contributed by atoms with van der Waals surface area (Å²) in [4.78, 5) is 38.8. The minimum Gasteiger partial charge on any atom is -0.326 e. The molecular formula is C24H26N2O3. The third-order valence-corrected chi connectivity index (χ3v) is 5.58. The van der Waals surface area contributed by atoms with Gasteiger partial charge in [0.05, 0.1) is 0 Å². The Morgan fingerprint density at radius 2 is 1.79 bits per heavy atom. The zero-order chi connectivity index (χ0) is 20.2. The highest BCUT2D eigenvalue weighted by Crippen LogP contribution is 2.36. The molecule has 0 bridgehead atoms. The first-order valence-corrected chi connectivity index (χ1v) is 10.4. The molecule has 5 heteroatoms. The fraction of sp³-hybridized carbons (Fsp3) is 0.375. The van der Waals surface area contributed by atoms with Crippen molar-refractivity contribution in [3.05, 3.63) is 59.7 Å². The van der Waals surface area contributed by atoms with Gasteiger partial charge < -0.3 is 10.2 Å². The molecule has 2 aromatic carbocycles. The number of aryl methyl sites for hydroxylation is 1. The minimum atomic E-state index is -0.0902. The van der Waals surface area contributed by atoms with Crippen LogP contribution in [0, 0.1) is 5.92 Å². The lowest BCUT2D eigenvalue weighted by atomic mass is 10.00. The SMILES string of the molecule is O=C(CCCC(=O)c1ccccc1)Nc1ccc2c(c1)CCCN2C(=O)C1CC1. The lowest BCUT2D eigenvalue weighted by Crippen LogP contribution is -2.36. The van der Waals surface area contributed by atoms with Gasteiger partial charge in [0.1, 0.15) is 0 Å². The molecule has 2 amide bonds. The van der Waals surface area contributed by atoms with Crippen molar-refractivity contribution in [2.45, 2.75) is 44.9 Å². The number of hydrogen-bond acceptors (Lipinski definition) is 3. The van der Waals surface area contributed by atoms with E-state index in [1.807, 2.05) is 41.3 Å². The average Bonchev–Trinajstić information content (AvgIpc) is 3.58. The van der Waals surface area contributed by atoms with Crippen LogP contribution in [-0.2, 0) is 16.0 Å². The topological polar surface area (TPSA) is 66.5 Å². The molecule has 0 unspecified atom stereocenters. The second-order valence-electron chi connectivity index (χ2n) is 7.90. The van der Waals surface area contributed by atoms with Crippen molar-refractivity contribution >= 4 is 29.0 Å². The number of Topliss-reactive ketones (excluding diaryl/α,β-unsaturated/α-hetero) is 1. The molecule has 0 atom stereocenters. The average molecular weight is 390 g/mol. The third kappa shape index (κ3) is 4.73. The molecule has 5 nitrogen and oxygen atoms in total. The van der Waals surface area contributed by atoms with Crippen LogP contribution in [0.15, 0.2) is 48.5 Å². The number of anilines is 2. The van der Waals surface area contributed by atoms with Gasteiger partial charge in [0.15, 0.2) is 5.78 Å². The number of ketones is 1. The highest BCUT2D eigenvalue weighted by Gasteiger charge is 2.35. The van der Waals surface area contributed by atoms with Crippen LogP contribution in [0.3, 0.4) is 0 Å². The molecule has 0 radical (unpaired) electrons. The van der Waals surface area contributed by atoms with Crippen LogP contribution in [0.4, 0.5) is 11.4 Å². The molecule has 0 saturated heterocycles. The van der Waals surface area contributed by atoms with E-state index in [0.29, 0.717) is 24.8 Å². The molecule has 0 aromatic heterocycles. The van der Waals surface area contributed by atoms with Gasteiger partial charge in [-0.1, -0.05) is 30.3 Å². The number of nitrogens with zero attached hydrogens (tertiary/aromatic N) is 1. The fourth-order valence-corrected chi connectivity index (χ4v) is 3.86. The summed E-state index contributed by atoms with van der Waals surface area (Å²) in [6.45, 7) is 0.781. The summed E-state index contributed by atoms with van der Waals surface area (Å²) in [5.74, 6) is 0.421. The van der Waals surface area contributed by atoms with Crippen LogP contribution < -0.4 is 10.2 Å².